The van der Waals surface area contributed by atoms with E-state index >= 15 is 0 Å². The van der Waals surface area contributed by atoms with Gasteiger partial charge in [0.25, 0.3) is 0 Å². The molecule has 1 atom stereocenters. The van der Waals surface area contributed by atoms with Gasteiger partial charge in [0.1, 0.15) is 0 Å². The van der Waals surface area contributed by atoms with Crippen LogP contribution in [0.15, 0.2) is 0 Å². The molecule has 98 valence electrons. The average molecular weight is 255 g/mol. The molecule has 1 N–H and O–H groups in total. The maximum absolute atomic E-state index is 4.66. The number of hydrogen-bond acceptors (Lipinski definition) is 4. The van der Waals surface area contributed by atoms with Crippen LogP contribution in [0.1, 0.15) is 43.8 Å². The molecule has 1 heterocycles. The first-order chi connectivity index (χ1) is 7.95. The van der Waals surface area contributed by atoms with Crippen LogP contribution in [0.25, 0.3) is 0 Å². The number of nitrogens with zero attached hydrogens (tertiary/aromatic N) is 2. The lowest BCUT2D eigenvalue weighted by molar-refractivity contribution is 0.585. The monoisotopic (exact) mass is 255 g/mol. The summed E-state index contributed by atoms with van der Waals surface area (Å²) in [4.78, 5) is 8.28. The second-order valence-corrected chi connectivity index (χ2v) is 6.07. The molecule has 17 heavy (non-hydrogen) atoms. The molecule has 0 radical (unpaired) electrons. The summed E-state index contributed by atoms with van der Waals surface area (Å²) in [6, 6.07) is 0.389. The van der Waals surface area contributed by atoms with Crippen molar-refractivity contribution in [1.29, 1.82) is 0 Å². The largest absolute Gasteiger partial charge is 0.351 e. The lowest BCUT2D eigenvalue weighted by atomic mass is 10.1. The zero-order valence-corrected chi connectivity index (χ0v) is 12.7. The van der Waals surface area contributed by atoms with Crippen molar-refractivity contribution >= 4 is 16.5 Å². The fraction of sp³-hybridized carbons (Fsp3) is 0.769. The summed E-state index contributed by atoms with van der Waals surface area (Å²) in [7, 11) is 4.13. The lowest BCUT2D eigenvalue weighted by Gasteiger charge is -2.16. The molecule has 0 saturated heterocycles. The smallest absolute Gasteiger partial charge is 0.185 e. The third-order valence-corrected chi connectivity index (χ3v) is 4.47. The number of nitrogens with one attached hydrogen (secondary N) is 1. The third kappa shape index (κ3) is 3.96. The summed E-state index contributed by atoms with van der Waals surface area (Å²) >= 11 is 1.80. The van der Waals surface area contributed by atoms with E-state index in [2.05, 4.69) is 49.9 Å². The number of rotatable bonds is 6. The fourth-order valence-corrected chi connectivity index (χ4v) is 2.75. The fourth-order valence-electron chi connectivity index (χ4n) is 1.64. The summed E-state index contributed by atoms with van der Waals surface area (Å²) in [6.45, 7) is 9.88. The van der Waals surface area contributed by atoms with E-state index in [-0.39, 0.29) is 0 Å². The van der Waals surface area contributed by atoms with Gasteiger partial charge in [-0.15, -0.1) is 11.3 Å². The van der Waals surface area contributed by atoms with E-state index in [1.54, 1.807) is 11.3 Å². The standard InChI is InChI=1S/C13H25N3S/c1-9(2)7-8-16(6)13-15-11(4)12(17-13)10(3)14-5/h9-10,14H,7-8H2,1-6H3. The van der Waals surface area contributed by atoms with Gasteiger partial charge in [0, 0.05) is 24.5 Å². The van der Waals surface area contributed by atoms with Gasteiger partial charge < -0.3 is 10.2 Å². The molecule has 0 aliphatic heterocycles. The third-order valence-electron chi connectivity index (χ3n) is 3.02. The maximum atomic E-state index is 4.66. The van der Waals surface area contributed by atoms with Gasteiger partial charge in [-0.25, -0.2) is 4.98 Å². The highest BCUT2D eigenvalue weighted by Gasteiger charge is 2.15. The zero-order chi connectivity index (χ0) is 13.0. The Morgan fingerprint density at radius 3 is 2.53 bits per heavy atom. The number of hydrogen-bond donors (Lipinski definition) is 1. The molecule has 3 nitrogen and oxygen atoms in total. The molecule has 1 unspecified atom stereocenters. The summed E-state index contributed by atoms with van der Waals surface area (Å²) < 4.78 is 0. The minimum Gasteiger partial charge on any atom is -0.351 e. The summed E-state index contributed by atoms with van der Waals surface area (Å²) in [5.74, 6) is 0.745. The van der Waals surface area contributed by atoms with Crippen molar-refractivity contribution in [3.63, 3.8) is 0 Å². The zero-order valence-electron chi connectivity index (χ0n) is 11.9. The Balaban J connectivity index is 2.71. The Hall–Kier alpha value is -0.610. The van der Waals surface area contributed by atoms with E-state index in [0.717, 1.165) is 23.3 Å². The summed E-state index contributed by atoms with van der Waals surface area (Å²) in [5.41, 5.74) is 1.16. The number of thiazole rings is 1. The Labute approximate surface area is 109 Å². The van der Waals surface area contributed by atoms with Gasteiger partial charge in [-0.2, -0.15) is 0 Å². The van der Waals surface area contributed by atoms with Crippen LogP contribution in [-0.2, 0) is 0 Å². The number of anilines is 1. The average Bonchev–Trinajstić information content (AvgIpc) is 2.67. The first-order valence-electron chi connectivity index (χ1n) is 6.31. The molecule has 1 aromatic rings. The molecule has 0 saturated carbocycles. The van der Waals surface area contributed by atoms with Gasteiger partial charge in [-0.3, -0.25) is 0 Å². The van der Waals surface area contributed by atoms with Crippen molar-refractivity contribution < 1.29 is 0 Å². The Bertz CT molecular complexity index is 346. The summed E-state index contributed by atoms with van der Waals surface area (Å²) in [6.07, 6.45) is 1.21. The van der Waals surface area contributed by atoms with Gasteiger partial charge in [-0.1, -0.05) is 13.8 Å². The SMILES string of the molecule is CNC(C)c1sc(N(C)CCC(C)C)nc1C. The number of aryl methyl sites for hydroxylation is 1. The van der Waals surface area contributed by atoms with Crippen molar-refractivity contribution in [2.75, 3.05) is 25.5 Å². The quantitative estimate of drug-likeness (QED) is 0.846. The molecule has 4 heteroatoms. The molecule has 0 bridgehead atoms. The van der Waals surface area contributed by atoms with Crippen LogP contribution in [0.4, 0.5) is 5.13 Å². The molecule has 0 aliphatic carbocycles. The second-order valence-electron chi connectivity index (χ2n) is 5.06. The van der Waals surface area contributed by atoms with Crippen molar-refractivity contribution in [3.05, 3.63) is 10.6 Å². The molecular formula is C13H25N3S. The van der Waals surface area contributed by atoms with Crippen molar-refractivity contribution in [3.8, 4) is 0 Å². The summed E-state index contributed by atoms with van der Waals surface area (Å²) in [5, 5.41) is 4.42. The first kappa shape index (κ1) is 14.5. The van der Waals surface area contributed by atoms with Crippen LogP contribution in [0.3, 0.4) is 0 Å². The highest BCUT2D eigenvalue weighted by molar-refractivity contribution is 7.15. The topological polar surface area (TPSA) is 28.2 Å². The highest BCUT2D eigenvalue weighted by atomic mass is 32.1. The van der Waals surface area contributed by atoms with Crippen molar-refractivity contribution in [1.82, 2.24) is 10.3 Å². The normalized spacial score (nSPS) is 13.1. The van der Waals surface area contributed by atoms with Gasteiger partial charge in [-0.05, 0) is 33.2 Å². The second kappa shape index (κ2) is 6.36. The maximum Gasteiger partial charge on any atom is 0.185 e. The van der Waals surface area contributed by atoms with Crippen LogP contribution < -0.4 is 10.2 Å². The molecule has 1 aromatic heterocycles. The predicted molar refractivity (Wildman–Crippen MR) is 77.1 cm³/mol. The van der Waals surface area contributed by atoms with Gasteiger partial charge in [0.05, 0.1) is 5.69 Å². The van der Waals surface area contributed by atoms with E-state index in [1.165, 1.54) is 11.3 Å². The lowest BCUT2D eigenvalue weighted by Crippen LogP contribution is -2.19. The minimum absolute atomic E-state index is 0.389. The van der Waals surface area contributed by atoms with Crippen molar-refractivity contribution in [2.24, 2.45) is 5.92 Å². The first-order valence-corrected chi connectivity index (χ1v) is 7.13. The van der Waals surface area contributed by atoms with E-state index in [9.17, 15) is 0 Å². The number of aromatic nitrogens is 1. The molecule has 0 aliphatic rings. The molecule has 0 spiro atoms. The van der Waals surface area contributed by atoms with Crippen LogP contribution in [0.2, 0.25) is 0 Å². The highest BCUT2D eigenvalue weighted by Crippen LogP contribution is 2.30. The molecule has 0 amide bonds. The predicted octanol–water partition coefficient (Wildman–Crippen LogP) is 3.21. The van der Waals surface area contributed by atoms with Crippen LogP contribution in [0.5, 0.6) is 0 Å². The van der Waals surface area contributed by atoms with Crippen LogP contribution >= 0.6 is 11.3 Å². The van der Waals surface area contributed by atoms with Gasteiger partial charge in [0.15, 0.2) is 5.13 Å². The van der Waals surface area contributed by atoms with Crippen LogP contribution in [0, 0.1) is 12.8 Å². The Kier molecular flexibility index (Phi) is 5.40. The molecular weight excluding hydrogens is 230 g/mol. The van der Waals surface area contributed by atoms with E-state index in [4.69, 9.17) is 0 Å². The van der Waals surface area contributed by atoms with E-state index in [1.807, 2.05) is 7.05 Å². The molecule has 1 rings (SSSR count). The van der Waals surface area contributed by atoms with Gasteiger partial charge >= 0.3 is 0 Å². The minimum atomic E-state index is 0.389. The van der Waals surface area contributed by atoms with Crippen LogP contribution in [-0.4, -0.2) is 25.6 Å². The molecule has 0 aromatic carbocycles. The van der Waals surface area contributed by atoms with Gasteiger partial charge in [0.2, 0.25) is 0 Å². The van der Waals surface area contributed by atoms with Crippen molar-refractivity contribution in [2.45, 2.75) is 40.2 Å². The molecule has 0 fully saturated rings. The van der Waals surface area contributed by atoms with E-state index < -0.39 is 0 Å². The Morgan fingerprint density at radius 2 is 2.00 bits per heavy atom. The Morgan fingerprint density at radius 1 is 1.35 bits per heavy atom. The van der Waals surface area contributed by atoms with E-state index in [0.29, 0.717) is 6.04 Å².